The molecule has 18 heavy (non-hydrogen) atoms. The summed E-state index contributed by atoms with van der Waals surface area (Å²) < 4.78 is 0. The summed E-state index contributed by atoms with van der Waals surface area (Å²) in [6.45, 7) is 7.63. The molecule has 3 aromatic carbocycles. The molecule has 0 bridgehead atoms. The standard InChI is InChI=1S/C18H14/c1-3-13-5-7-15-11-16-8-6-14(4-2)10-18(16)12-17(15)9-13/h3-12H,1-2H2. The summed E-state index contributed by atoms with van der Waals surface area (Å²) in [6.07, 6.45) is 3.76. The zero-order valence-corrected chi connectivity index (χ0v) is 10.2. The zero-order valence-electron chi connectivity index (χ0n) is 10.2. The molecule has 0 heterocycles. The van der Waals surface area contributed by atoms with Gasteiger partial charge in [0, 0.05) is 0 Å². The first-order valence-corrected chi connectivity index (χ1v) is 6.02. The summed E-state index contributed by atoms with van der Waals surface area (Å²) in [4.78, 5) is 0. The Balaban J connectivity index is 2.36. The van der Waals surface area contributed by atoms with Crippen LogP contribution in [0.3, 0.4) is 0 Å². The van der Waals surface area contributed by atoms with Gasteiger partial charge < -0.3 is 0 Å². The van der Waals surface area contributed by atoms with Crippen LogP contribution in [0, 0.1) is 0 Å². The Morgan fingerprint density at radius 3 is 1.44 bits per heavy atom. The third-order valence-corrected chi connectivity index (χ3v) is 3.32. The van der Waals surface area contributed by atoms with Crippen molar-refractivity contribution in [2.75, 3.05) is 0 Å². The molecule has 0 unspecified atom stereocenters. The van der Waals surface area contributed by atoms with Crippen LogP contribution >= 0.6 is 0 Å². The molecule has 3 rings (SSSR count). The number of rotatable bonds is 2. The molecule has 3 aromatic rings. The predicted molar refractivity (Wildman–Crippen MR) is 81.6 cm³/mol. The minimum atomic E-state index is 1.15. The molecule has 86 valence electrons. The Hall–Kier alpha value is -2.34. The van der Waals surface area contributed by atoms with Gasteiger partial charge in [-0.2, -0.15) is 0 Å². The van der Waals surface area contributed by atoms with Crippen LogP contribution in [-0.4, -0.2) is 0 Å². The highest BCUT2D eigenvalue weighted by Crippen LogP contribution is 2.25. The Kier molecular flexibility index (Phi) is 2.49. The second kappa shape index (κ2) is 4.15. The van der Waals surface area contributed by atoms with E-state index in [0.717, 1.165) is 11.1 Å². The van der Waals surface area contributed by atoms with Gasteiger partial charge in [0.05, 0.1) is 0 Å². The van der Waals surface area contributed by atoms with Crippen LogP contribution in [0.4, 0.5) is 0 Å². The van der Waals surface area contributed by atoms with E-state index in [-0.39, 0.29) is 0 Å². The van der Waals surface area contributed by atoms with Crippen LogP contribution in [0.5, 0.6) is 0 Å². The molecule has 0 fully saturated rings. The third-order valence-electron chi connectivity index (χ3n) is 3.32. The first kappa shape index (κ1) is 10.8. The molecule has 0 saturated carbocycles. The summed E-state index contributed by atoms with van der Waals surface area (Å²) >= 11 is 0. The monoisotopic (exact) mass is 230 g/mol. The van der Waals surface area contributed by atoms with Gasteiger partial charge in [0.15, 0.2) is 0 Å². The van der Waals surface area contributed by atoms with Gasteiger partial charge in [0.25, 0.3) is 0 Å². The molecule has 0 aromatic heterocycles. The molecule has 0 aliphatic heterocycles. The van der Waals surface area contributed by atoms with E-state index in [0.29, 0.717) is 0 Å². The minimum absolute atomic E-state index is 1.15. The molecule has 0 aliphatic carbocycles. The highest BCUT2D eigenvalue weighted by atomic mass is 14.0. The Morgan fingerprint density at radius 2 is 1.00 bits per heavy atom. The lowest BCUT2D eigenvalue weighted by Crippen LogP contribution is -1.79. The van der Waals surface area contributed by atoms with Gasteiger partial charge in [0.1, 0.15) is 0 Å². The molecule has 0 radical (unpaired) electrons. The van der Waals surface area contributed by atoms with Gasteiger partial charge in [-0.05, 0) is 56.9 Å². The van der Waals surface area contributed by atoms with E-state index in [2.05, 4.69) is 61.7 Å². The lowest BCUT2D eigenvalue weighted by Gasteiger charge is -2.04. The van der Waals surface area contributed by atoms with Crippen molar-refractivity contribution in [1.82, 2.24) is 0 Å². The average Bonchev–Trinajstić information content (AvgIpc) is 2.43. The van der Waals surface area contributed by atoms with E-state index < -0.39 is 0 Å². The maximum absolute atomic E-state index is 3.81. The van der Waals surface area contributed by atoms with Crippen LogP contribution in [0.2, 0.25) is 0 Å². The first-order chi connectivity index (χ1) is 8.80. The van der Waals surface area contributed by atoms with Crippen molar-refractivity contribution in [2.45, 2.75) is 0 Å². The van der Waals surface area contributed by atoms with Crippen LogP contribution in [0.1, 0.15) is 11.1 Å². The number of hydrogen-bond donors (Lipinski definition) is 0. The first-order valence-electron chi connectivity index (χ1n) is 6.02. The van der Waals surface area contributed by atoms with Crippen molar-refractivity contribution in [3.05, 3.63) is 72.8 Å². The van der Waals surface area contributed by atoms with E-state index >= 15 is 0 Å². The van der Waals surface area contributed by atoms with E-state index in [1.54, 1.807) is 0 Å². The highest BCUT2D eigenvalue weighted by molar-refractivity contribution is 5.99. The van der Waals surface area contributed by atoms with Gasteiger partial charge in [-0.25, -0.2) is 0 Å². The van der Waals surface area contributed by atoms with Gasteiger partial charge >= 0.3 is 0 Å². The fourth-order valence-corrected chi connectivity index (χ4v) is 2.29. The van der Waals surface area contributed by atoms with Crippen molar-refractivity contribution < 1.29 is 0 Å². The predicted octanol–water partition coefficient (Wildman–Crippen LogP) is 5.28. The molecule has 0 heteroatoms. The largest absolute Gasteiger partial charge is 0.0985 e. The van der Waals surface area contributed by atoms with Gasteiger partial charge in [0.2, 0.25) is 0 Å². The molecule has 0 N–H and O–H groups in total. The molecule has 0 saturated heterocycles. The van der Waals surface area contributed by atoms with Crippen molar-refractivity contribution in [1.29, 1.82) is 0 Å². The zero-order chi connectivity index (χ0) is 12.5. The smallest absolute Gasteiger partial charge is 0.0172 e. The van der Waals surface area contributed by atoms with Crippen molar-refractivity contribution >= 4 is 33.7 Å². The second-order valence-electron chi connectivity index (χ2n) is 4.47. The van der Waals surface area contributed by atoms with Gasteiger partial charge in [-0.3, -0.25) is 0 Å². The fourth-order valence-electron chi connectivity index (χ4n) is 2.29. The second-order valence-corrected chi connectivity index (χ2v) is 4.47. The van der Waals surface area contributed by atoms with Crippen LogP contribution in [-0.2, 0) is 0 Å². The molecule has 0 spiro atoms. The topological polar surface area (TPSA) is 0 Å². The number of hydrogen-bond acceptors (Lipinski definition) is 0. The number of benzene rings is 3. The Labute approximate surface area is 107 Å². The third kappa shape index (κ3) is 1.72. The van der Waals surface area contributed by atoms with E-state index in [9.17, 15) is 0 Å². The van der Waals surface area contributed by atoms with Crippen molar-refractivity contribution in [2.24, 2.45) is 0 Å². The molecule has 0 nitrogen and oxygen atoms in total. The SMILES string of the molecule is C=Cc1ccc2cc3ccc(C=C)cc3cc2c1. The van der Waals surface area contributed by atoms with Crippen LogP contribution < -0.4 is 0 Å². The van der Waals surface area contributed by atoms with Crippen molar-refractivity contribution in [3.63, 3.8) is 0 Å². The fraction of sp³-hybridized carbons (Fsp3) is 0. The molecule has 0 atom stereocenters. The van der Waals surface area contributed by atoms with E-state index in [1.165, 1.54) is 21.5 Å². The Bertz CT molecular complexity index is 700. The summed E-state index contributed by atoms with van der Waals surface area (Å²) in [5, 5.41) is 5.03. The molecule has 0 amide bonds. The average molecular weight is 230 g/mol. The molecular formula is C18H14. The summed E-state index contributed by atoms with van der Waals surface area (Å²) in [7, 11) is 0. The quantitative estimate of drug-likeness (QED) is 0.525. The maximum atomic E-state index is 3.81. The molecular weight excluding hydrogens is 216 g/mol. The maximum Gasteiger partial charge on any atom is -0.0172 e. The van der Waals surface area contributed by atoms with Crippen LogP contribution in [0.15, 0.2) is 61.7 Å². The summed E-state index contributed by atoms with van der Waals surface area (Å²) in [6, 6.07) is 17.3. The number of fused-ring (bicyclic) bond motifs is 2. The summed E-state index contributed by atoms with van der Waals surface area (Å²) in [5.41, 5.74) is 2.31. The van der Waals surface area contributed by atoms with Crippen LogP contribution in [0.25, 0.3) is 33.7 Å². The highest BCUT2D eigenvalue weighted by Gasteiger charge is 1.99. The van der Waals surface area contributed by atoms with Gasteiger partial charge in [-0.1, -0.05) is 49.6 Å². The minimum Gasteiger partial charge on any atom is -0.0985 e. The summed E-state index contributed by atoms with van der Waals surface area (Å²) in [5.74, 6) is 0. The van der Waals surface area contributed by atoms with Crippen molar-refractivity contribution in [3.8, 4) is 0 Å². The Morgan fingerprint density at radius 1 is 0.556 bits per heavy atom. The molecule has 0 aliphatic rings. The van der Waals surface area contributed by atoms with Gasteiger partial charge in [-0.15, -0.1) is 0 Å². The van der Waals surface area contributed by atoms with E-state index in [1.807, 2.05) is 12.2 Å². The van der Waals surface area contributed by atoms with E-state index in [4.69, 9.17) is 0 Å². The lowest BCUT2D eigenvalue weighted by atomic mass is 10.0. The lowest BCUT2D eigenvalue weighted by molar-refractivity contribution is 1.71. The normalized spacial score (nSPS) is 10.7.